The number of carbonyl (C=O) groups excluding carboxylic acids is 1. The maximum absolute atomic E-state index is 11.7. The van der Waals surface area contributed by atoms with Crippen LogP contribution in [0.15, 0.2) is 18.2 Å². The fourth-order valence-corrected chi connectivity index (χ4v) is 2.92. The van der Waals surface area contributed by atoms with Crippen molar-refractivity contribution >= 4 is 16.9 Å². The van der Waals surface area contributed by atoms with E-state index in [1.807, 2.05) is 24.6 Å². The van der Waals surface area contributed by atoms with Gasteiger partial charge in [-0.1, -0.05) is 0 Å². The van der Waals surface area contributed by atoms with E-state index in [1.165, 1.54) is 4.80 Å². The average molecular weight is 351 g/mol. The number of nitrogens with zero attached hydrogens (tertiary/aromatic N) is 7. The number of aryl methyl sites for hydroxylation is 3. The van der Waals surface area contributed by atoms with Gasteiger partial charge in [0, 0.05) is 24.7 Å². The molecule has 0 aliphatic heterocycles. The van der Waals surface area contributed by atoms with E-state index >= 15 is 0 Å². The third kappa shape index (κ3) is 2.51. The number of carbonyl (C=O) groups is 1. The van der Waals surface area contributed by atoms with Crippen LogP contribution in [-0.4, -0.2) is 45.9 Å². The SMILES string of the molecule is CCn1nc(C)cc1-c1nnc(-c2cc(C(N)=O)cc3nn(C)nc23)[nH]1. The number of fused-ring (bicyclic) bond motifs is 1. The molecule has 0 spiro atoms. The number of nitrogens with one attached hydrogen (secondary N) is 1. The highest BCUT2D eigenvalue weighted by atomic mass is 16.1. The lowest BCUT2D eigenvalue weighted by atomic mass is 10.1. The Kier molecular flexibility index (Phi) is 3.53. The number of nitrogens with two attached hydrogens (primary N) is 1. The summed E-state index contributed by atoms with van der Waals surface area (Å²) in [6.45, 7) is 4.64. The molecule has 10 nitrogen and oxygen atoms in total. The number of aromatic nitrogens is 8. The van der Waals surface area contributed by atoms with Gasteiger partial charge >= 0.3 is 0 Å². The first-order valence-corrected chi connectivity index (χ1v) is 8.09. The molecule has 4 aromatic rings. The fraction of sp³-hybridized carbons (Fsp3) is 0.250. The molecule has 0 saturated heterocycles. The topological polar surface area (TPSA) is 133 Å². The Bertz CT molecular complexity index is 1130. The molecule has 10 heteroatoms. The molecular weight excluding hydrogens is 334 g/mol. The number of H-pyrrole nitrogens is 1. The molecule has 132 valence electrons. The van der Waals surface area contributed by atoms with Crippen molar-refractivity contribution in [3.8, 4) is 22.9 Å². The molecule has 0 aliphatic rings. The summed E-state index contributed by atoms with van der Waals surface area (Å²) in [5.41, 5.74) is 9.30. The smallest absolute Gasteiger partial charge is 0.248 e. The van der Waals surface area contributed by atoms with Crippen molar-refractivity contribution in [3.05, 3.63) is 29.5 Å². The van der Waals surface area contributed by atoms with Crippen LogP contribution >= 0.6 is 0 Å². The molecule has 1 amide bonds. The van der Waals surface area contributed by atoms with E-state index in [1.54, 1.807) is 19.2 Å². The van der Waals surface area contributed by atoms with Crippen molar-refractivity contribution in [2.75, 3.05) is 0 Å². The molecule has 3 heterocycles. The predicted octanol–water partition coefficient (Wildman–Crippen LogP) is 1.04. The van der Waals surface area contributed by atoms with Gasteiger partial charge < -0.3 is 10.7 Å². The summed E-state index contributed by atoms with van der Waals surface area (Å²) in [5, 5.41) is 21.5. The quantitative estimate of drug-likeness (QED) is 0.564. The zero-order valence-corrected chi connectivity index (χ0v) is 14.6. The minimum absolute atomic E-state index is 0.334. The van der Waals surface area contributed by atoms with Gasteiger partial charge in [-0.05, 0) is 32.0 Å². The van der Waals surface area contributed by atoms with Gasteiger partial charge in [-0.3, -0.25) is 9.48 Å². The molecule has 4 rings (SSSR count). The zero-order chi connectivity index (χ0) is 18.4. The van der Waals surface area contributed by atoms with E-state index in [0.717, 1.165) is 11.4 Å². The second-order valence-electron chi connectivity index (χ2n) is 5.95. The molecule has 0 saturated carbocycles. The molecule has 0 unspecified atom stereocenters. The van der Waals surface area contributed by atoms with E-state index in [2.05, 4.69) is 30.5 Å². The van der Waals surface area contributed by atoms with E-state index < -0.39 is 5.91 Å². The predicted molar refractivity (Wildman–Crippen MR) is 94.0 cm³/mol. The van der Waals surface area contributed by atoms with Crippen LogP contribution < -0.4 is 5.73 Å². The first-order chi connectivity index (χ1) is 12.5. The van der Waals surface area contributed by atoms with Crippen LogP contribution in [0.5, 0.6) is 0 Å². The van der Waals surface area contributed by atoms with Gasteiger partial charge in [-0.15, -0.1) is 10.2 Å². The summed E-state index contributed by atoms with van der Waals surface area (Å²) in [5.74, 6) is 0.525. The molecular formula is C16H17N9O. The van der Waals surface area contributed by atoms with Crippen LogP contribution in [0, 0.1) is 6.92 Å². The van der Waals surface area contributed by atoms with Crippen molar-refractivity contribution in [1.29, 1.82) is 0 Å². The highest BCUT2D eigenvalue weighted by Crippen LogP contribution is 2.27. The minimum atomic E-state index is -0.543. The number of aromatic amines is 1. The molecule has 0 radical (unpaired) electrons. The lowest BCUT2D eigenvalue weighted by Crippen LogP contribution is -2.11. The number of hydrogen-bond donors (Lipinski definition) is 2. The van der Waals surface area contributed by atoms with Crippen molar-refractivity contribution in [1.82, 2.24) is 40.0 Å². The summed E-state index contributed by atoms with van der Waals surface area (Å²) in [7, 11) is 1.71. The lowest BCUT2D eigenvalue weighted by molar-refractivity contribution is 0.100. The van der Waals surface area contributed by atoms with Gasteiger partial charge in [0.15, 0.2) is 11.6 Å². The molecule has 0 fully saturated rings. The normalized spacial score (nSPS) is 11.3. The Hall–Kier alpha value is -3.56. The van der Waals surface area contributed by atoms with Gasteiger partial charge in [-0.25, -0.2) is 0 Å². The zero-order valence-electron chi connectivity index (χ0n) is 14.6. The summed E-state index contributed by atoms with van der Waals surface area (Å²) < 4.78 is 1.84. The molecule has 0 aliphatic carbocycles. The summed E-state index contributed by atoms with van der Waals surface area (Å²) in [4.78, 5) is 16.3. The summed E-state index contributed by atoms with van der Waals surface area (Å²) in [6.07, 6.45) is 0. The Morgan fingerprint density at radius 3 is 2.65 bits per heavy atom. The molecule has 1 aromatic carbocycles. The van der Waals surface area contributed by atoms with Gasteiger partial charge in [-0.2, -0.15) is 20.1 Å². The number of rotatable bonds is 4. The Morgan fingerprint density at radius 2 is 1.92 bits per heavy atom. The van der Waals surface area contributed by atoms with Crippen LogP contribution in [-0.2, 0) is 13.6 Å². The second-order valence-corrected chi connectivity index (χ2v) is 5.95. The number of amides is 1. The highest BCUT2D eigenvalue weighted by Gasteiger charge is 2.18. The van der Waals surface area contributed by atoms with Crippen LogP contribution in [0.2, 0.25) is 0 Å². The monoisotopic (exact) mass is 351 g/mol. The van der Waals surface area contributed by atoms with Crippen molar-refractivity contribution < 1.29 is 4.79 Å². The number of primary amides is 1. The van der Waals surface area contributed by atoms with E-state index in [0.29, 0.717) is 40.4 Å². The van der Waals surface area contributed by atoms with Crippen molar-refractivity contribution in [3.63, 3.8) is 0 Å². The van der Waals surface area contributed by atoms with Gasteiger partial charge in [0.25, 0.3) is 0 Å². The third-order valence-corrected chi connectivity index (χ3v) is 4.06. The fourth-order valence-electron chi connectivity index (χ4n) is 2.92. The largest absolute Gasteiger partial charge is 0.366 e. The lowest BCUT2D eigenvalue weighted by Gasteiger charge is -2.01. The molecule has 0 bridgehead atoms. The second kappa shape index (κ2) is 5.76. The summed E-state index contributed by atoms with van der Waals surface area (Å²) in [6, 6.07) is 5.19. The van der Waals surface area contributed by atoms with E-state index in [4.69, 9.17) is 5.73 Å². The Labute approximate surface area is 148 Å². The van der Waals surface area contributed by atoms with Gasteiger partial charge in [0.1, 0.15) is 16.7 Å². The molecule has 0 atom stereocenters. The van der Waals surface area contributed by atoms with Gasteiger partial charge in [0.2, 0.25) is 5.91 Å². The van der Waals surface area contributed by atoms with Crippen LogP contribution in [0.3, 0.4) is 0 Å². The van der Waals surface area contributed by atoms with Crippen LogP contribution in [0.4, 0.5) is 0 Å². The van der Waals surface area contributed by atoms with Gasteiger partial charge in [0.05, 0.1) is 5.69 Å². The van der Waals surface area contributed by atoms with Crippen molar-refractivity contribution in [2.24, 2.45) is 12.8 Å². The maximum atomic E-state index is 11.7. The summed E-state index contributed by atoms with van der Waals surface area (Å²) >= 11 is 0. The van der Waals surface area contributed by atoms with E-state index in [-0.39, 0.29) is 0 Å². The molecule has 26 heavy (non-hydrogen) atoms. The highest BCUT2D eigenvalue weighted by molar-refractivity contribution is 6.00. The first kappa shape index (κ1) is 15.9. The minimum Gasteiger partial charge on any atom is -0.366 e. The Balaban J connectivity index is 1.88. The molecule has 3 aromatic heterocycles. The maximum Gasteiger partial charge on any atom is 0.248 e. The molecule has 3 N–H and O–H groups in total. The number of hydrogen-bond acceptors (Lipinski definition) is 6. The standard InChI is InChI=1S/C16H17N9O/c1-4-25-12(5-8(2)21-25)16-18-15(19-20-16)10-6-9(14(17)26)7-11-13(10)23-24(3)22-11/h5-7H,4H2,1-3H3,(H2,17,26)(H,18,19,20). The van der Waals surface area contributed by atoms with E-state index in [9.17, 15) is 4.79 Å². The first-order valence-electron chi connectivity index (χ1n) is 8.09. The average Bonchev–Trinajstić information content (AvgIpc) is 3.30. The third-order valence-electron chi connectivity index (χ3n) is 4.06. The van der Waals surface area contributed by atoms with Crippen LogP contribution in [0.25, 0.3) is 33.9 Å². The van der Waals surface area contributed by atoms with Crippen LogP contribution in [0.1, 0.15) is 23.0 Å². The van der Waals surface area contributed by atoms with Crippen molar-refractivity contribution in [2.45, 2.75) is 20.4 Å². The number of benzene rings is 1. The Morgan fingerprint density at radius 1 is 1.15 bits per heavy atom.